The van der Waals surface area contributed by atoms with E-state index in [4.69, 9.17) is 0 Å². The van der Waals surface area contributed by atoms with Gasteiger partial charge >= 0.3 is 6.03 Å². The van der Waals surface area contributed by atoms with E-state index in [0.717, 1.165) is 43.5 Å². The van der Waals surface area contributed by atoms with Crippen LogP contribution in [0.4, 0.5) is 10.5 Å². The van der Waals surface area contributed by atoms with Crippen molar-refractivity contribution >= 4 is 11.7 Å². The molecule has 3 rings (SSSR count). The summed E-state index contributed by atoms with van der Waals surface area (Å²) >= 11 is 0. The molecule has 4 heteroatoms. The Morgan fingerprint density at radius 1 is 1.12 bits per heavy atom. The van der Waals surface area contributed by atoms with E-state index in [1.807, 2.05) is 11.0 Å². The summed E-state index contributed by atoms with van der Waals surface area (Å²) in [5, 5.41) is 3.06. The summed E-state index contributed by atoms with van der Waals surface area (Å²) in [4.78, 5) is 17.1. The number of nitrogens with zero attached hydrogens (tertiary/aromatic N) is 2. The molecule has 2 amide bonds. The van der Waals surface area contributed by atoms with E-state index in [9.17, 15) is 4.79 Å². The van der Waals surface area contributed by atoms with Gasteiger partial charge in [0.15, 0.2) is 0 Å². The van der Waals surface area contributed by atoms with E-state index < -0.39 is 0 Å². The highest BCUT2D eigenvalue weighted by Crippen LogP contribution is 2.23. The van der Waals surface area contributed by atoms with Crippen LogP contribution >= 0.6 is 0 Å². The summed E-state index contributed by atoms with van der Waals surface area (Å²) in [7, 11) is 0. The third-order valence-corrected chi connectivity index (χ3v) is 5.92. The van der Waals surface area contributed by atoms with E-state index >= 15 is 0 Å². The van der Waals surface area contributed by atoms with Crippen LogP contribution in [0.15, 0.2) is 18.2 Å². The molecule has 0 bridgehead atoms. The smallest absolute Gasteiger partial charge is 0.321 e. The first-order chi connectivity index (χ1) is 12.0. The lowest BCUT2D eigenvalue weighted by Crippen LogP contribution is -2.44. The Morgan fingerprint density at radius 2 is 1.88 bits per heavy atom. The number of benzene rings is 1. The number of amides is 2. The zero-order valence-corrected chi connectivity index (χ0v) is 16.1. The van der Waals surface area contributed by atoms with Gasteiger partial charge in [-0.25, -0.2) is 4.79 Å². The van der Waals surface area contributed by atoms with Crippen molar-refractivity contribution in [3.05, 3.63) is 29.3 Å². The minimum absolute atomic E-state index is 0.0493. The molecule has 0 aliphatic carbocycles. The van der Waals surface area contributed by atoms with E-state index in [1.54, 1.807) is 0 Å². The number of carbonyl (C=O) groups excluding carboxylic acids is 1. The molecule has 0 unspecified atom stereocenters. The van der Waals surface area contributed by atoms with Crippen LogP contribution in [-0.2, 0) is 0 Å². The summed E-state index contributed by atoms with van der Waals surface area (Å²) in [5.41, 5.74) is 3.37. The Kier molecular flexibility index (Phi) is 6.00. The molecule has 2 fully saturated rings. The number of carbonyl (C=O) groups is 1. The van der Waals surface area contributed by atoms with E-state index in [0.29, 0.717) is 0 Å². The number of likely N-dealkylation sites (tertiary alicyclic amines) is 2. The predicted octanol–water partition coefficient (Wildman–Crippen LogP) is 4.28. The molecule has 1 aromatic carbocycles. The van der Waals surface area contributed by atoms with Crippen molar-refractivity contribution in [2.75, 3.05) is 38.0 Å². The SMILES string of the molecule is Cc1ccc(NC(=O)N2CCC(CN3CCC[C@H](C)C3)CC2)cc1C. The molecule has 0 aromatic heterocycles. The predicted molar refractivity (Wildman–Crippen MR) is 104 cm³/mol. The maximum absolute atomic E-state index is 12.5. The lowest BCUT2D eigenvalue weighted by molar-refractivity contribution is 0.125. The van der Waals surface area contributed by atoms with Crippen molar-refractivity contribution < 1.29 is 4.79 Å². The Hall–Kier alpha value is -1.55. The highest BCUT2D eigenvalue weighted by Gasteiger charge is 2.26. The molecule has 25 heavy (non-hydrogen) atoms. The lowest BCUT2D eigenvalue weighted by Gasteiger charge is -2.37. The first-order valence-electron chi connectivity index (χ1n) is 9.87. The Morgan fingerprint density at radius 3 is 2.56 bits per heavy atom. The van der Waals surface area contributed by atoms with Gasteiger partial charge in [0.1, 0.15) is 0 Å². The lowest BCUT2D eigenvalue weighted by atomic mass is 9.94. The van der Waals surface area contributed by atoms with Crippen LogP contribution in [0.25, 0.3) is 0 Å². The number of rotatable bonds is 3. The molecule has 2 heterocycles. The normalized spacial score (nSPS) is 22.8. The quantitative estimate of drug-likeness (QED) is 0.889. The van der Waals surface area contributed by atoms with Gasteiger partial charge in [-0.3, -0.25) is 0 Å². The Balaban J connectivity index is 1.45. The van der Waals surface area contributed by atoms with Gasteiger partial charge in [0.25, 0.3) is 0 Å². The molecule has 1 aromatic rings. The summed E-state index contributed by atoms with van der Waals surface area (Å²) in [6.45, 7) is 12.0. The first-order valence-corrected chi connectivity index (χ1v) is 9.87. The minimum Gasteiger partial charge on any atom is -0.325 e. The second kappa shape index (κ2) is 8.22. The maximum Gasteiger partial charge on any atom is 0.321 e. The van der Waals surface area contributed by atoms with Gasteiger partial charge in [0.2, 0.25) is 0 Å². The van der Waals surface area contributed by atoms with Crippen molar-refractivity contribution in [2.45, 2.75) is 46.5 Å². The van der Waals surface area contributed by atoms with E-state index in [1.165, 1.54) is 43.6 Å². The monoisotopic (exact) mass is 343 g/mol. The number of aryl methyl sites for hydroxylation is 2. The summed E-state index contributed by atoms with van der Waals surface area (Å²) in [6, 6.07) is 6.16. The van der Waals surface area contributed by atoms with Gasteiger partial charge in [0.05, 0.1) is 0 Å². The van der Waals surface area contributed by atoms with Crippen LogP contribution in [0.5, 0.6) is 0 Å². The number of nitrogens with one attached hydrogen (secondary N) is 1. The summed E-state index contributed by atoms with van der Waals surface area (Å²) in [6.07, 6.45) is 4.99. The molecule has 0 spiro atoms. The molecule has 2 saturated heterocycles. The summed E-state index contributed by atoms with van der Waals surface area (Å²) in [5.74, 6) is 1.59. The fourth-order valence-corrected chi connectivity index (χ4v) is 4.16. The van der Waals surface area contributed by atoms with Gasteiger partial charge in [-0.05, 0) is 81.2 Å². The van der Waals surface area contributed by atoms with E-state index in [-0.39, 0.29) is 6.03 Å². The number of piperidine rings is 2. The number of hydrogen-bond donors (Lipinski definition) is 1. The average Bonchev–Trinajstić information content (AvgIpc) is 2.59. The third-order valence-electron chi connectivity index (χ3n) is 5.92. The maximum atomic E-state index is 12.5. The van der Waals surface area contributed by atoms with Gasteiger partial charge < -0.3 is 15.1 Å². The van der Waals surface area contributed by atoms with Crippen LogP contribution in [0, 0.1) is 25.7 Å². The van der Waals surface area contributed by atoms with Gasteiger partial charge in [-0.15, -0.1) is 0 Å². The molecule has 0 saturated carbocycles. The standard InChI is InChI=1S/C21H33N3O/c1-16-5-4-10-23(14-16)15-19-8-11-24(12-9-19)21(25)22-20-7-6-17(2)18(3)13-20/h6-7,13,16,19H,4-5,8-12,14-15H2,1-3H3,(H,22,25)/t16-/m0/s1. The first kappa shape index (κ1) is 18.2. The topological polar surface area (TPSA) is 35.6 Å². The highest BCUT2D eigenvalue weighted by atomic mass is 16.2. The Bertz CT molecular complexity index is 593. The minimum atomic E-state index is 0.0493. The zero-order valence-electron chi connectivity index (χ0n) is 16.1. The molecule has 138 valence electrons. The van der Waals surface area contributed by atoms with Crippen LogP contribution in [0.2, 0.25) is 0 Å². The molecule has 2 aliphatic rings. The van der Waals surface area contributed by atoms with Crippen LogP contribution in [0.3, 0.4) is 0 Å². The van der Waals surface area contributed by atoms with Gasteiger partial charge in [-0.1, -0.05) is 13.0 Å². The number of anilines is 1. The Labute approximate surface area is 152 Å². The molecular weight excluding hydrogens is 310 g/mol. The van der Waals surface area contributed by atoms with Gasteiger partial charge in [0, 0.05) is 31.9 Å². The van der Waals surface area contributed by atoms with Crippen molar-refractivity contribution in [1.29, 1.82) is 0 Å². The molecule has 1 N–H and O–H groups in total. The molecule has 0 radical (unpaired) electrons. The van der Waals surface area contributed by atoms with Crippen LogP contribution < -0.4 is 5.32 Å². The van der Waals surface area contributed by atoms with Crippen LogP contribution in [-0.4, -0.2) is 48.6 Å². The third kappa shape index (κ3) is 4.97. The van der Waals surface area contributed by atoms with Crippen molar-refractivity contribution in [3.8, 4) is 0 Å². The van der Waals surface area contributed by atoms with E-state index in [2.05, 4.69) is 43.1 Å². The molecular formula is C21H33N3O. The van der Waals surface area contributed by atoms with Crippen molar-refractivity contribution in [1.82, 2.24) is 9.80 Å². The summed E-state index contributed by atoms with van der Waals surface area (Å²) < 4.78 is 0. The molecule has 1 atom stereocenters. The highest BCUT2D eigenvalue weighted by molar-refractivity contribution is 5.89. The fraction of sp³-hybridized carbons (Fsp3) is 0.667. The fourth-order valence-electron chi connectivity index (χ4n) is 4.16. The molecule has 4 nitrogen and oxygen atoms in total. The average molecular weight is 344 g/mol. The zero-order chi connectivity index (χ0) is 17.8. The second-order valence-corrected chi connectivity index (χ2v) is 8.17. The second-order valence-electron chi connectivity index (χ2n) is 8.17. The van der Waals surface area contributed by atoms with Gasteiger partial charge in [-0.2, -0.15) is 0 Å². The molecule has 2 aliphatic heterocycles. The largest absolute Gasteiger partial charge is 0.325 e. The van der Waals surface area contributed by atoms with Crippen LogP contribution in [0.1, 0.15) is 43.7 Å². The van der Waals surface area contributed by atoms with Crippen molar-refractivity contribution in [3.63, 3.8) is 0 Å². The van der Waals surface area contributed by atoms with Crippen molar-refractivity contribution in [2.24, 2.45) is 11.8 Å². The number of hydrogen-bond acceptors (Lipinski definition) is 2. The number of urea groups is 1.